The predicted molar refractivity (Wildman–Crippen MR) is 75.9 cm³/mol. The molecule has 0 amide bonds. The van der Waals surface area contributed by atoms with Gasteiger partial charge in [-0.3, -0.25) is 0 Å². The van der Waals surface area contributed by atoms with Gasteiger partial charge in [-0.05, 0) is 35.7 Å². The van der Waals surface area contributed by atoms with E-state index < -0.39 is 0 Å². The molecule has 0 saturated heterocycles. The van der Waals surface area contributed by atoms with Crippen molar-refractivity contribution in [3.63, 3.8) is 0 Å². The van der Waals surface area contributed by atoms with Gasteiger partial charge in [0.15, 0.2) is 0 Å². The molecule has 1 heterocycles. The number of likely N-dealkylation sites (N-methyl/N-ethyl adjacent to an activating group) is 1. The number of nitrogens with one attached hydrogen (secondary N) is 1. The summed E-state index contributed by atoms with van der Waals surface area (Å²) in [5.74, 6) is -0.358. The van der Waals surface area contributed by atoms with Crippen LogP contribution in [0.4, 0.5) is 4.39 Å². The van der Waals surface area contributed by atoms with Gasteiger partial charge in [-0.15, -0.1) is 11.3 Å². The molecular formula is C14H15ClFNS. The molecule has 0 aliphatic heterocycles. The molecule has 1 atom stereocenters. The lowest BCUT2D eigenvalue weighted by atomic mass is 10.0. The Kier molecular flexibility index (Phi) is 4.75. The Hall–Kier alpha value is -0.900. The Morgan fingerprint density at radius 2 is 2.22 bits per heavy atom. The lowest BCUT2D eigenvalue weighted by Gasteiger charge is -2.18. The van der Waals surface area contributed by atoms with Gasteiger partial charge in [0.05, 0.1) is 5.02 Å². The number of thiophene rings is 1. The summed E-state index contributed by atoms with van der Waals surface area (Å²) in [6.07, 6.45) is 0.868. The Labute approximate surface area is 116 Å². The van der Waals surface area contributed by atoms with Crippen LogP contribution in [0.3, 0.4) is 0 Å². The van der Waals surface area contributed by atoms with Crippen LogP contribution in [0.15, 0.2) is 35.7 Å². The number of hydrogen-bond acceptors (Lipinski definition) is 2. The molecule has 0 fully saturated rings. The van der Waals surface area contributed by atoms with E-state index in [-0.39, 0.29) is 16.9 Å². The average Bonchev–Trinajstić information content (AvgIpc) is 2.85. The quantitative estimate of drug-likeness (QED) is 0.856. The summed E-state index contributed by atoms with van der Waals surface area (Å²) in [6.45, 7) is 2.90. The molecule has 2 aromatic rings. The van der Waals surface area contributed by atoms with Crippen LogP contribution in [-0.2, 0) is 6.42 Å². The molecule has 0 bridgehead atoms. The fourth-order valence-electron chi connectivity index (χ4n) is 1.91. The first kappa shape index (κ1) is 13.5. The standard InChI is InChI=1S/C14H15ClFNS/c1-2-17-14(9-11-4-3-7-18-11)10-5-6-12(15)13(16)8-10/h3-8,14,17H,2,9H2,1H3. The fraction of sp³-hybridized carbons (Fsp3) is 0.286. The molecule has 0 aliphatic rings. The van der Waals surface area contributed by atoms with Crippen LogP contribution in [0.2, 0.25) is 5.02 Å². The second-order valence-electron chi connectivity index (χ2n) is 4.07. The zero-order chi connectivity index (χ0) is 13.0. The summed E-state index contributed by atoms with van der Waals surface area (Å²) in [4.78, 5) is 1.29. The second-order valence-corrected chi connectivity index (χ2v) is 5.51. The molecule has 1 nitrogen and oxygen atoms in total. The molecule has 0 aliphatic carbocycles. The van der Waals surface area contributed by atoms with E-state index >= 15 is 0 Å². The smallest absolute Gasteiger partial charge is 0.142 e. The number of hydrogen-bond donors (Lipinski definition) is 1. The van der Waals surface area contributed by atoms with Crippen LogP contribution in [0.25, 0.3) is 0 Å². The molecule has 96 valence electrons. The number of benzene rings is 1. The topological polar surface area (TPSA) is 12.0 Å². The Morgan fingerprint density at radius 3 is 2.83 bits per heavy atom. The van der Waals surface area contributed by atoms with Crippen LogP contribution < -0.4 is 5.32 Å². The van der Waals surface area contributed by atoms with Crippen molar-refractivity contribution in [2.24, 2.45) is 0 Å². The summed E-state index contributed by atoms with van der Waals surface area (Å²) in [6, 6.07) is 9.27. The highest BCUT2D eigenvalue weighted by Gasteiger charge is 2.13. The fourth-order valence-corrected chi connectivity index (χ4v) is 2.78. The minimum Gasteiger partial charge on any atom is -0.310 e. The van der Waals surface area contributed by atoms with Crippen molar-refractivity contribution in [3.05, 3.63) is 57.0 Å². The van der Waals surface area contributed by atoms with Crippen LogP contribution in [0, 0.1) is 5.82 Å². The molecule has 1 N–H and O–H groups in total. The second kappa shape index (κ2) is 6.32. The summed E-state index contributed by atoms with van der Waals surface area (Å²) < 4.78 is 13.5. The minimum absolute atomic E-state index is 0.125. The molecule has 1 unspecified atom stereocenters. The first-order valence-corrected chi connectivity index (χ1v) is 7.17. The first-order valence-electron chi connectivity index (χ1n) is 5.91. The molecular weight excluding hydrogens is 269 g/mol. The van der Waals surface area contributed by atoms with Crippen molar-refractivity contribution >= 4 is 22.9 Å². The van der Waals surface area contributed by atoms with Gasteiger partial charge in [0.25, 0.3) is 0 Å². The van der Waals surface area contributed by atoms with Gasteiger partial charge in [0, 0.05) is 17.3 Å². The molecule has 0 saturated carbocycles. The van der Waals surface area contributed by atoms with Crippen molar-refractivity contribution in [3.8, 4) is 0 Å². The third-order valence-electron chi connectivity index (χ3n) is 2.78. The zero-order valence-corrected chi connectivity index (χ0v) is 11.7. The highest BCUT2D eigenvalue weighted by molar-refractivity contribution is 7.09. The maximum absolute atomic E-state index is 13.5. The number of rotatable bonds is 5. The monoisotopic (exact) mass is 283 g/mol. The van der Waals surface area contributed by atoms with Gasteiger partial charge in [0.2, 0.25) is 0 Å². The SMILES string of the molecule is CCNC(Cc1cccs1)c1ccc(Cl)c(F)c1. The molecule has 0 radical (unpaired) electrons. The van der Waals surface area contributed by atoms with Crippen LogP contribution in [0.5, 0.6) is 0 Å². The predicted octanol–water partition coefficient (Wildman–Crippen LogP) is 4.43. The van der Waals surface area contributed by atoms with Crippen LogP contribution in [-0.4, -0.2) is 6.54 Å². The van der Waals surface area contributed by atoms with Crippen LogP contribution >= 0.6 is 22.9 Å². The third-order valence-corrected chi connectivity index (χ3v) is 3.99. The van der Waals surface area contributed by atoms with Gasteiger partial charge >= 0.3 is 0 Å². The van der Waals surface area contributed by atoms with E-state index in [0.717, 1.165) is 18.5 Å². The van der Waals surface area contributed by atoms with E-state index in [1.807, 2.05) is 19.1 Å². The molecule has 2 rings (SSSR count). The average molecular weight is 284 g/mol. The Balaban J connectivity index is 2.20. The summed E-state index contributed by atoms with van der Waals surface area (Å²) >= 11 is 7.43. The van der Waals surface area contributed by atoms with E-state index in [2.05, 4.69) is 16.8 Å². The maximum Gasteiger partial charge on any atom is 0.142 e. The van der Waals surface area contributed by atoms with E-state index in [9.17, 15) is 4.39 Å². The summed E-state index contributed by atoms with van der Waals surface area (Å²) in [7, 11) is 0. The largest absolute Gasteiger partial charge is 0.310 e. The van der Waals surface area contributed by atoms with Gasteiger partial charge < -0.3 is 5.32 Å². The molecule has 1 aromatic heterocycles. The normalized spacial score (nSPS) is 12.6. The van der Waals surface area contributed by atoms with E-state index in [1.165, 1.54) is 10.9 Å². The Bertz CT molecular complexity index is 499. The minimum atomic E-state index is -0.358. The van der Waals surface area contributed by atoms with E-state index in [1.54, 1.807) is 17.4 Å². The lowest BCUT2D eigenvalue weighted by Crippen LogP contribution is -2.22. The van der Waals surface area contributed by atoms with E-state index in [4.69, 9.17) is 11.6 Å². The van der Waals surface area contributed by atoms with Crippen molar-refractivity contribution in [2.75, 3.05) is 6.54 Å². The molecule has 1 aromatic carbocycles. The highest BCUT2D eigenvalue weighted by Crippen LogP contribution is 2.24. The molecule has 4 heteroatoms. The highest BCUT2D eigenvalue weighted by atomic mass is 35.5. The third kappa shape index (κ3) is 3.31. The lowest BCUT2D eigenvalue weighted by molar-refractivity contribution is 0.546. The van der Waals surface area contributed by atoms with Crippen molar-refractivity contribution in [1.29, 1.82) is 0 Å². The summed E-state index contributed by atoms with van der Waals surface area (Å²) in [5.41, 5.74) is 0.937. The van der Waals surface area contributed by atoms with Crippen LogP contribution in [0.1, 0.15) is 23.4 Å². The van der Waals surface area contributed by atoms with Gasteiger partial charge in [-0.25, -0.2) is 4.39 Å². The Morgan fingerprint density at radius 1 is 1.39 bits per heavy atom. The summed E-state index contributed by atoms with van der Waals surface area (Å²) in [5, 5.41) is 5.61. The zero-order valence-electron chi connectivity index (χ0n) is 10.1. The van der Waals surface area contributed by atoms with E-state index in [0.29, 0.717) is 0 Å². The van der Waals surface area contributed by atoms with Crippen molar-refractivity contribution in [2.45, 2.75) is 19.4 Å². The van der Waals surface area contributed by atoms with Crippen molar-refractivity contribution < 1.29 is 4.39 Å². The van der Waals surface area contributed by atoms with Crippen molar-refractivity contribution in [1.82, 2.24) is 5.32 Å². The molecule has 18 heavy (non-hydrogen) atoms. The van der Waals surface area contributed by atoms with Gasteiger partial charge in [-0.2, -0.15) is 0 Å². The molecule has 0 spiro atoms. The number of halogens is 2. The van der Waals surface area contributed by atoms with Gasteiger partial charge in [-0.1, -0.05) is 30.7 Å². The maximum atomic E-state index is 13.5. The van der Waals surface area contributed by atoms with Gasteiger partial charge in [0.1, 0.15) is 5.82 Å². The first-order chi connectivity index (χ1) is 8.70.